The molecule has 1 aromatic carbocycles. The molecular weight excluding hydrogens is 469 g/mol. The second-order valence-corrected chi connectivity index (χ2v) is 11.0. The van der Waals surface area contributed by atoms with E-state index in [1.165, 1.54) is 12.1 Å². The molecule has 1 aromatic rings. The summed E-state index contributed by atoms with van der Waals surface area (Å²) in [4.78, 5) is 36.8. The largest absolute Gasteiger partial charge is 0.435 e. The number of hydrogen-bond donors (Lipinski definition) is 1. The number of halogens is 1. The third-order valence-corrected chi connectivity index (χ3v) is 8.55. The van der Waals surface area contributed by atoms with Crippen molar-refractivity contribution in [2.75, 3.05) is 6.54 Å². The maximum Gasteiger partial charge on any atom is 0.308 e. The van der Waals surface area contributed by atoms with Crippen molar-refractivity contribution in [1.82, 2.24) is 5.32 Å². The molecule has 4 saturated heterocycles. The van der Waals surface area contributed by atoms with E-state index in [2.05, 4.69) is 12.2 Å². The topological polar surface area (TPSA) is 92.3 Å². The van der Waals surface area contributed by atoms with Crippen LogP contribution in [0.25, 0.3) is 0 Å². The molecule has 198 valence electrons. The fourth-order valence-electron chi connectivity index (χ4n) is 6.50. The van der Waals surface area contributed by atoms with Crippen LogP contribution in [0.2, 0.25) is 0 Å². The minimum atomic E-state index is -0.890. The number of benzene rings is 1. The number of rotatable bonds is 7. The van der Waals surface area contributed by atoms with Crippen molar-refractivity contribution in [2.24, 2.45) is 23.7 Å². The molecule has 0 radical (unpaired) electrons. The highest BCUT2D eigenvalue weighted by Crippen LogP contribution is 2.60. The molecule has 8 nitrogen and oxygen atoms in total. The predicted octanol–water partition coefficient (Wildman–Crippen LogP) is 4.02. The Balaban J connectivity index is 1.15. The van der Waals surface area contributed by atoms with E-state index in [9.17, 15) is 14.0 Å². The smallest absolute Gasteiger partial charge is 0.308 e. The molecule has 4 aliphatic heterocycles. The van der Waals surface area contributed by atoms with Gasteiger partial charge in [-0.1, -0.05) is 26.0 Å². The Hall–Kier alpha value is -2.07. The average Bonchev–Trinajstić information content (AvgIpc) is 3.08. The van der Waals surface area contributed by atoms with Crippen LogP contribution in [0.5, 0.6) is 0 Å². The number of carbonyl (C=O) groups is 2. The Morgan fingerprint density at radius 1 is 1.08 bits per heavy atom. The molecule has 8 atom stereocenters. The first-order chi connectivity index (χ1) is 17.2. The predicted molar refractivity (Wildman–Crippen MR) is 125 cm³/mol. The van der Waals surface area contributed by atoms with Gasteiger partial charge in [-0.3, -0.25) is 9.59 Å². The fourth-order valence-corrected chi connectivity index (χ4v) is 6.50. The van der Waals surface area contributed by atoms with E-state index in [0.717, 1.165) is 24.8 Å². The molecular formula is C27H36FNO7. The monoisotopic (exact) mass is 505 g/mol. The lowest BCUT2D eigenvalue weighted by Crippen LogP contribution is -2.70. The molecule has 1 spiro atoms. The number of ether oxygens (including phenoxy) is 3. The van der Waals surface area contributed by atoms with E-state index < -0.39 is 29.9 Å². The summed E-state index contributed by atoms with van der Waals surface area (Å²) in [6.07, 6.45) is 2.71. The van der Waals surface area contributed by atoms with Gasteiger partial charge in [-0.05, 0) is 62.1 Å². The molecule has 0 unspecified atom stereocenters. The van der Waals surface area contributed by atoms with Gasteiger partial charge in [0.1, 0.15) is 5.82 Å². The third-order valence-electron chi connectivity index (χ3n) is 8.55. The van der Waals surface area contributed by atoms with Gasteiger partial charge in [0, 0.05) is 31.2 Å². The van der Waals surface area contributed by atoms with Crippen molar-refractivity contribution in [1.29, 1.82) is 0 Å². The maximum atomic E-state index is 13.0. The minimum absolute atomic E-state index is 0.0191. The SMILES string of the molecule is C[C@H]1[C@H](OC(=O)CCC(=O)NCCc2ccc(F)cc2)O[C@@H]2O[C@]3(C)CC[C@H]4[C@H](C)CC[C@@H]1[C@]24OO3. The highest BCUT2D eigenvalue weighted by molar-refractivity contribution is 5.81. The standard InChI is InChI=1S/C27H36FNO7/c1-16-4-9-21-17(2)24(33-25-27(21)20(16)12-14-26(3,34-25)35-36-27)32-23(31)11-10-22(30)29-15-13-18-5-7-19(28)8-6-18/h5-8,16-17,20-21,24-25H,4,9-15H2,1-3H3,(H,29,30)/t16-,17-,20+,21+,24-,25-,26+,27+/m1/s1. The van der Waals surface area contributed by atoms with Crippen LogP contribution in [-0.4, -0.2) is 42.4 Å². The number of carbonyl (C=O) groups excluding carboxylic acids is 2. The van der Waals surface area contributed by atoms with Crippen molar-refractivity contribution in [3.8, 4) is 0 Å². The van der Waals surface area contributed by atoms with Crippen molar-refractivity contribution < 1.29 is 38.0 Å². The van der Waals surface area contributed by atoms with Gasteiger partial charge in [0.25, 0.3) is 0 Å². The molecule has 36 heavy (non-hydrogen) atoms. The molecule has 1 saturated carbocycles. The van der Waals surface area contributed by atoms with Gasteiger partial charge in [-0.2, -0.15) is 0 Å². The molecule has 4 heterocycles. The lowest BCUT2D eigenvalue weighted by molar-refractivity contribution is -0.576. The molecule has 0 aromatic heterocycles. The van der Waals surface area contributed by atoms with Gasteiger partial charge in [0.05, 0.1) is 6.42 Å². The molecule has 9 heteroatoms. The summed E-state index contributed by atoms with van der Waals surface area (Å²) in [6.45, 7) is 6.53. The number of esters is 1. The Kier molecular flexibility index (Phi) is 7.11. The van der Waals surface area contributed by atoms with E-state index in [0.29, 0.717) is 25.3 Å². The summed E-state index contributed by atoms with van der Waals surface area (Å²) < 4.78 is 31.3. The van der Waals surface area contributed by atoms with Crippen LogP contribution in [0.3, 0.4) is 0 Å². The van der Waals surface area contributed by atoms with Crippen LogP contribution in [0.15, 0.2) is 24.3 Å². The fraction of sp³-hybridized carbons (Fsp3) is 0.704. The zero-order chi connectivity index (χ0) is 25.5. The summed E-state index contributed by atoms with van der Waals surface area (Å²) in [7, 11) is 0. The van der Waals surface area contributed by atoms with Gasteiger partial charge >= 0.3 is 5.97 Å². The quantitative estimate of drug-likeness (QED) is 0.442. The van der Waals surface area contributed by atoms with E-state index in [-0.39, 0.29) is 42.3 Å². The van der Waals surface area contributed by atoms with E-state index in [1.807, 2.05) is 13.8 Å². The molecule has 5 fully saturated rings. The summed E-state index contributed by atoms with van der Waals surface area (Å²) in [6, 6.07) is 6.15. The number of hydrogen-bond acceptors (Lipinski definition) is 7. The van der Waals surface area contributed by atoms with Crippen LogP contribution in [0.1, 0.15) is 64.9 Å². The number of nitrogens with one attached hydrogen (secondary N) is 1. The van der Waals surface area contributed by atoms with E-state index in [1.54, 1.807) is 12.1 Å². The van der Waals surface area contributed by atoms with Crippen LogP contribution >= 0.6 is 0 Å². The van der Waals surface area contributed by atoms with Crippen LogP contribution < -0.4 is 5.32 Å². The molecule has 1 N–H and O–H groups in total. The van der Waals surface area contributed by atoms with Crippen molar-refractivity contribution >= 4 is 11.9 Å². The normalized spacial score (nSPS) is 39.1. The van der Waals surface area contributed by atoms with Gasteiger partial charge in [-0.15, -0.1) is 0 Å². The van der Waals surface area contributed by atoms with Gasteiger partial charge in [0.15, 0.2) is 11.9 Å². The van der Waals surface area contributed by atoms with Crippen molar-refractivity contribution in [3.63, 3.8) is 0 Å². The average molecular weight is 506 g/mol. The minimum Gasteiger partial charge on any atom is -0.435 e. The number of fused-ring (bicyclic) bond motifs is 2. The first-order valence-corrected chi connectivity index (χ1v) is 13.1. The van der Waals surface area contributed by atoms with E-state index >= 15 is 0 Å². The van der Waals surface area contributed by atoms with Crippen LogP contribution in [-0.2, 0) is 40.0 Å². The van der Waals surface area contributed by atoms with Gasteiger partial charge in [-0.25, -0.2) is 14.2 Å². The zero-order valence-electron chi connectivity index (χ0n) is 21.2. The second kappa shape index (κ2) is 10.0. The van der Waals surface area contributed by atoms with E-state index in [4.69, 9.17) is 24.0 Å². The molecule has 5 aliphatic rings. The lowest BCUT2D eigenvalue weighted by atomic mass is 9.58. The van der Waals surface area contributed by atoms with Gasteiger partial charge < -0.3 is 19.5 Å². The van der Waals surface area contributed by atoms with Crippen molar-refractivity contribution in [3.05, 3.63) is 35.6 Å². The molecule has 1 aliphatic carbocycles. The van der Waals surface area contributed by atoms with Crippen LogP contribution in [0, 0.1) is 29.5 Å². The number of amides is 1. The van der Waals surface area contributed by atoms with Gasteiger partial charge in [0.2, 0.25) is 18.0 Å². The highest BCUT2D eigenvalue weighted by atomic mass is 19.1. The van der Waals surface area contributed by atoms with Crippen LogP contribution in [0.4, 0.5) is 4.39 Å². The summed E-state index contributed by atoms with van der Waals surface area (Å²) >= 11 is 0. The Bertz CT molecular complexity index is 973. The Labute approximate surface area is 211 Å². The highest BCUT2D eigenvalue weighted by Gasteiger charge is 2.69. The first kappa shape index (κ1) is 25.6. The first-order valence-electron chi connectivity index (χ1n) is 13.1. The second-order valence-electron chi connectivity index (χ2n) is 11.0. The molecule has 2 bridgehead atoms. The third kappa shape index (κ3) is 4.78. The summed E-state index contributed by atoms with van der Waals surface area (Å²) in [5.41, 5.74) is 0.217. The Morgan fingerprint density at radius 3 is 2.64 bits per heavy atom. The zero-order valence-corrected chi connectivity index (χ0v) is 21.2. The summed E-state index contributed by atoms with van der Waals surface area (Å²) in [5, 5.41) is 2.79. The molecule has 6 rings (SSSR count). The summed E-state index contributed by atoms with van der Waals surface area (Å²) in [5.74, 6) is -1.27. The maximum absolute atomic E-state index is 13.0. The molecule has 1 amide bonds. The Morgan fingerprint density at radius 2 is 1.86 bits per heavy atom. The lowest BCUT2D eigenvalue weighted by Gasteiger charge is -2.59. The van der Waals surface area contributed by atoms with Crippen molar-refractivity contribution in [2.45, 2.75) is 89.7 Å².